The number of aromatic carboxylic acids is 1. The van der Waals surface area contributed by atoms with E-state index in [1.54, 1.807) is 6.07 Å². The van der Waals surface area contributed by atoms with Crippen LogP contribution in [0.4, 0.5) is 19.3 Å². The topological polar surface area (TPSA) is 69.6 Å². The third kappa shape index (κ3) is 4.97. The number of hydrogen-bond donors (Lipinski definition) is 2. The average Bonchev–Trinajstić information content (AvgIpc) is 2.26. The molecule has 1 aromatic rings. The highest BCUT2D eigenvalue weighted by Gasteiger charge is 2.15. The summed E-state index contributed by atoms with van der Waals surface area (Å²) in [6.07, 6.45) is -2.62. The van der Waals surface area contributed by atoms with Crippen LogP contribution < -0.4 is 5.32 Å². The quantitative estimate of drug-likeness (QED) is 0.785. The summed E-state index contributed by atoms with van der Waals surface area (Å²) in [7, 11) is 1.23. The number of alkyl halides is 2. The Morgan fingerprint density at radius 3 is 2.58 bits per heavy atom. The maximum Gasteiger partial charge on any atom is 0.335 e. The van der Waals surface area contributed by atoms with Gasteiger partial charge < -0.3 is 15.3 Å². The molecule has 0 radical (unpaired) electrons. The molecule has 0 heterocycles. The molecule has 0 bridgehead atoms. The number of amides is 2. The van der Waals surface area contributed by atoms with Gasteiger partial charge in [0.2, 0.25) is 0 Å². The average molecular weight is 384 g/mol. The molecule has 0 unspecified atom stereocenters. The number of carboxylic acids is 1. The van der Waals surface area contributed by atoms with Crippen LogP contribution in [0, 0.1) is 3.57 Å². The van der Waals surface area contributed by atoms with Gasteiger partial charge in [-0.15, -0.1) is 0 Å². The molecule has 5 nitrogen and oxygen atoms in total. The van der Waals surface area contributed by atoms with Gasteiger partial charge in [0.1, 0.15) is 0 Å². The molecule has 0 aliphatic carbocycles. The van der Waals surface area contributed by atoms with Gasteiger partial charge in [-0.25, -0.2) is 18.4 Å². The minimum atomic E-state index is -2.62. The molecule has 0 atom stereocenters. The van der Waals surface area contributed by atoms with E-state index in [0.29, 0.717) is 3.57 Å². The molecule has 1 aromatic carbocycles. The highest BCUT2D eigenvalue weighted by atomic mass is 127. The summed E-state index contributed by atoms with van der Waals surface area (Å²) in [5, 5.41) is 11.2. The molecule has 0 aliphatic heterocycles. The van der Waals surface area contributed by atoms with E-state index in [1.165, 1.54) is 19.2 Å². The summed E-state index contributed by atoms with van der Waals surface area (Å²) in [6, 6.07) is 3.51. The van der Waals surface area contributed by atoms with Crippen LogP contribution in [-0.4, -0.2) is 42.0 Å². The van der Waals surface area contributed by atoms with Gasteiger partial charge in [-0.1, -0.05) is 0 Å². The van der Waals surface area contributed by atoms with Gasteiger partial charge in [-0.05, 0) is 40.8 Å². The standard InChI is InChI=1S/C11H11F2IN2O3/c1-16(5-9(12)13)11(19)15-8-3-6(10(17)18)2-7(14)4-8/h2-4,9H,5H2,1H3,(H,15,19)(H,17,18). The monoisotopic (exact) mass is 384 g/mol. The molecular weight excluding hydrogens is 373 g/mol. The number of urea groups is 1. The SMILES string of the molecule is CN(CC(F)F)C(=O)Nc1cc(I)cc(C(=O)O)c1. The summed E-state index contributed by atoms with van der Waals surface area (Å²) < 4.78 is 24.9. The number of nitrogens with one attached hydrogen (secondary N) is 1. The van der Waals surface area contributed by atoms with Crippen LogP contribution in [0.1, 0.15) is 10.4 Å². The van der Waals surface area contributed by atoms with Crippen molar-refractivity contribution in [3.05, 3.63) is 27.3 Å². The van der Waals surface area contributed by atoms with E-state index < -0.39 is 25.0 Å². The Labute approximate surface area is 121 Å². The van der Waals surface area contributed by atoms with Crippen molar-refractivity contribution in [1.29, 1.82) is 0 Å². The highest BCUT2D eigenvalue weighted by Crippen LogP contribution is 2.17. The zero-order chi connectivity index (χ0) is 14.6. The van der Waals surface area contributed by atoms with Gasteiger partial charge in [0, 0.05) is 16.3 Å². The Hall–Kier alpha value is -1.45. The first-order valence-electron chi connectivity index (χ1n) is 5.13. The number of carbonyl (C=O) groups is 2. The van der Waals surface area contributed by atoms with Crippen molar-refractivity contribution in [3.8, 4) is 0 Å². The summed E-state index contributed by atoms with van der Waals surface area (Å²) in [5.74, 6) is -1.13. The van der Waals surface area contributed by atoms with E-state index in [0.717, 1.165) is 4.90 Å². The van der Waals surface area contributed by atoms with Crippen LogP contribution in [0.25, 0.3) is 0 Å². The fraction of sp³-hybridized carbons (Fsp3) is 0.273. The van der Waals surface area contributed by atoms with E-state index in [2.05, 4.69) is 5.32 Å². The third-order valence-corrected chi connectivity index (χ3v) is 2.78. The van der Waals surface area contributed by atoms with Crippen LogP contribution in [0.2, 0.25) is 0 Å². The Balaban J connectivity index is 2.82. The van der Waals surface area contributed by atoms with E-state index in [9.17, 15) is 18.4 Å². The van der Waals surface area contributed by atoms with Crippen molar-refractivity contribution in [1.82, 2.24) is 4.90 Å². The largest absolute Gasteiger partial charge is 0.478 e. The fourth-order valence-corrected chi connectivity index (χ4v) is 1.97. The number of halogens is 3. The summed E-state index contributed by atoms with van der Waals surface area (Å²) in [5.41, 5.74) is 0.258. The van der Waals surface area contributed by atoms with Crippen LogP contribution in [0.3, 0.4) is 0 Å². The van der Waals surface area contributed by atoms with Crippen LogP contribution in [-0.2, 0) is 0 Å². The highest BCUT2D eigenvalue weighted by molar-refractivity contribution is 14.1. The van der Waals surface area contributed by atoms with Gasteiger partial charge in [0.25, 0.3) is 6.43 Å². The predicted octanol–water partition coefficient (Wildman–Crippen LogP) is 2.72. The Kier molecular flexibility index (Phi) is 5.45. The lowest BCUT2D eigenvalue weighted by molar-refractivity contribution is 0.0696. The lowest BCUT2D eigenvalue weighted by Crippen LogP contribution is -2.34. The molecule has 0 saturated carbocycles. The summed E-state index contributed by atoms with van der Waals surface area (Å²) in [4.78, 5) is 23.2. The van der Waals surface area contributed by atoms with E-state index in [-0.39, 0.29) is 11.3 Å². The minimum absolute atomic E-state index is 0.0127. The molecule has 0 aliphatic rings. The minimum Gasteiger partial charge on any atom is -0.478 e. The lowest BCUT2D eigenvalue weighted by Gasteiger charge is -2.17. The van der Waals surface area contributed by atoms with Gasteiger partial charge >= 0.3 is 12.0 Å². The predicted molar refractivity (Wildman–Crippen MR) is 73.8 cm³/mol. The first kappa shape index (κ1) is 15.6. The van der Waals surface area contributed by atoms with Crippen LogP contribution in [0.15, 0.2) is 18.2 Å². The van der Waals surface area contributed by atoms with Crippen molar-refractivity contribution in [2.45, 2.75) is 6.43 Å². The molecule has 0 fully saturated rings. The van der Waals surface area contributed by atoms with Crippen molar-refractivity contribution < 1.29 is 23.5 Å². The van der Waals surface area contributed by atoms with E-state index in [1.807, 2.05) is 22.6 Å². The zero-order valence-corrected chi connectivity index (χ0v) is 12.0. The molecule has 0 saturated heterocycles. The number of anilines is 1. The number of benzene rings is 1. The van der Waals surface area contributed by atoms with Crippen LogP contribution >= 0.6 is 22.6 Å². The number of carbonyl (C=O) groups excluding carboxylic acids is 1. The van der Waals surface area contributed by atoms with Gasteiger partial charge in [-0.3, -0.25) is 0 Å². The first-order chi connectivity index (χ1) is 8.79. The number of carboxylic acid groups (broad SMARTS) is 1. The van der Waals surface area contributed by atoms with Crippen molar-refractivity contribution in [2.24, 2.45) is 0 Å². The van der Waals surface area contributed by atoms with Crippen molar-refractivity contribution in [3.63, 3.8) is 0 Å². The van der Waals surface area contributed by atoms with E-state index in [4.69, 9.17) is 5.11 Å². The molecule has 8 heteroatoms. The second-order valence-corrected chi connectivity index (χ2v) is 4.98. The van der Waals surface area contributed by atoms with Gasteiger partial charge in [0.15, 0.2) is 0 Å². The molecule has 1 rings (SSSR count). The maximum atomic E-state index is 12.1. The maximum absolute atomic E-state index is 12.1. The van der Waals surface area contributed by atoms with E-state index >= 15 is 0 Å². The number of rotatable bonds is 4. The first-order valence-corrected chi connectivity index (χ1v) is 6.21. The molecule has 0 aromatic heterocycles. The normalized spacial score (nSPS) is 10.4. The lowest BCUT2D eigenvalue weighted by atomic mass is 10.2. The molecule has 104 valence electrons. The Bertz CT molecular complexity index is 497. The molecule has 0 spiro atoms. The second-order valence-electron chi connectivity index (χ2n) is 3.74. The third-order valence-electron chi connectivity index (χ3n) is 2.15. The Morgan fingerprint density at radius 1 is 1.42 bits per heavy atom. The molecule has 2 amide bonds. The van der Waals surface area contributed by atoms with Crippen molar-refractivity contribution in [2.75, 3.05) is 18.9 Å². The second kappa shape index (κ2) is 6.64. The van der Waals surface area contributed by atoms with Gasteiger partial charge in [-0.2, -0.15) is 0 Å². The molecular formula is C11H11F2IN2O3. The molecule has 2 N–H and O–H groups in total. The van der Waals surface area contributed by atoms with Crippen molar-refractivity contribution >= 4 is 40.3 Å². The fourth-order valence-electron chi connectivity index (χ4n) is 1.29. The number of nitrogens with zero attached hydrogens (tertiary/aromatic N) is 1. The summed E-state index contributed by atoms with van der Waals surface area (Å²) in [6.45, 7) is -0.693. The van der Waals surface area contributed by atoms with Gasteiger partial charge in [0.05, 0.1) is 12.1 Å². The van der Waals surface area contributed by atoms with Crippen LogP contribution in [0.5, 0.6) is 0 Å². The Morgan fingerprint density at radius 2 is 2.05 bits per heavy atom. The number of hydrogen-bond acceptors (Lipinski definition) is 2. The zero-order valence-electron chi connectivity index (χ0n) is 9.86. The molecule has 19 heavy (non-hydrogen) atoms. The summed E-state index contributed by atoms with van der Waals surface area (Å²) >= 11 is 1.90. The smallest absolute Gasteiger partial charge is 0.335 e.